The zero-order valence-corrected chi connectivity index (χ0v) is 12.0. The fourth-order valence-corrected chi connectivity index (χ4v) is 2.60. The third-order valence-corrected chi connectivity index (χ3v) is 4.04. The van der Waals surface area contributed by atoms with Crippen LogP contribution in [0.1, 0.15) is 12.8 Å². The summed E-state index contributed by atoms with van der Waals surface area (Å²) < 4.78 is 65.6. The number of nitrogen functional groups attached to an aromatic ring is 1. The average Bonchev–Trinajstić information content (AvgIpc) is 2.27. The number of rotatable bonds is 7. The molecule has 8 nitrogen and oxygen atoms in total. The first-order valence-electron chi connectivity index (χ1n) is 5.54. The maximum atomic E-state index is 11.0. The van der Waals surface area contributed by atoms with Crippen LogP contribution >= 0.6 is 0 Å². The van der Waals surface area contributed by atoms with E-state index in [1.165, 1.54) is 12.1 Å². The molecule has 0 saturated carbocycles. The average molecular weight is 325 g/mol. The molecule has 0 heterocycles. The molecule has 0 bridgehead atoms. The fraction of sp³-hybridized carbons (Fsp3) is 0.400. The number of unbranched alkanes of at least 4 members (excludes halogenated alkanes) is 1. The molecule has 114 valence electrons. The van der Waals surface area contributed by atoms with Crippen molar-refractivity contribution in [2.24, 2.45) is 0 Å². The number of hydrogen-bond donors (Lipinski definition) is 3. The van der Waals surface area contributed by atoms with Gasteiger partial charge in [0.1, 0.15) is 10.6 Å². The van der Waals surface area contributed by atoms with E-state index in [1.807, 2.05) is 0 Å². The lowest BCUT2D eigenvalue weighted by atomic mass is 10.3. The molecule has 0 aliphatic carbocycles. The summed E-state index contributed by atoms with van der Waals surface area (Å²) in [6, 6.07) is 3.77. The van der Waals surface area contributed by atoms with Gasteiger partial charge < -0.3 is 10.5 Å². The minimum atomic E-state index is -4.43. The van der Waals surface area contributed by atoms with Gasteiger partial charge in [0.15, 0.2) is 0 Å². The van der Waals surface area contributed by atoms with Crippen LogP contribution in [-0.2, 0) is 20.2 Å². The summed E-state index contributed by atoms with van der Waals surface area (Å²) in [5.74, 6) is -0.187. The molecule has 20 heavy (non-hydrogen) atoms. The molecule has 0 atom stereocenters. The van der Waals surface area contributed by atoms with Crippen LogP contribution in [0.2, 0.25) is 0 Å². The number of benzene rings is 1. The lowest BCUT2D eigenvalue weighted by Crippen LogP contribution is -2.07. The molecule has 0 saturated heterocycles. The van der Waals surface area contributed by atoms with Gasteiger partial charge in [0.25, 0.3) is 20.2 Å². The van der Waals surface area contributed by atoms with Crippen LogP contribution in [0.15, 0.2) is 23.1 Å². The van der Waals surface area contributed by atoms with Gasteiger partial charge in [-0.1, -0.05) is 0 Å². The quantitative estimate of drug-likeness (QED) is 0.375. The highest BCUT2D eigenvalue weighted by molar-refractivity contribution is 7.86. The highest BCUT2D eigenvalue weighted by Crippen LogP contribution is 2.24. The molecule has 0 fully saturated rings. The largest absolute Gasteiger partial charge is 0.494 e. The van der Waals surface area contributed by atoms with E-state index in [2.05, 4.69) is 0 Å². The Morgan fingerprint density at radius 2 is 1.75 bits per heavy atom. The first-order valence-corrected chi connectivity index (χ1v) is 8.59. The fourth-order valence-electron chi connectivity index (χ4n) is 1.40. The second-order valence-corrected chi connectivity index (χ2v) is 6.98. The van der Waals surface area contributed by atoms with Gasteiger partial charge in [0.2, 0.25) is 0 Å². The maximum Gasteiger partial charge on any atom is 0.296 e. The highest BCUT2D eigenvalue weighted by Gasteiger charge is 2.14. The molecule has 1 rings (SSSR count). The predicted octanol–water partition coefficient (Wildman–Crippen LogP) is 0.562. The molecule has 0 aromatic heterocycles. The number of nitrogens with two attached hydrogens (primary N) is 1. The van der Waals surface area contributed by atoms with Crippen molar-refractivity contribution in [2.45, 2.75) is 17.7 Å². The molecular weight excluding hydrogens is 310 g/mol. The van der Waals surface area contributed by atoms with E-state index in [1.54, 1.807) is 0 Å². The van der Waals surface area contributed by atoms with Crippen LogP contribution in [-0.4, -0.2) is 38.3 Å². The summed E-state index contributed by atoms with van der Waals surface area (Å²) in [5, 5.41) is 0. The Bertz CT molecular complexity index is 667. The van der Waals surface area contributed by atoms with Crippen molar-refractivity contribution >= 4 is 25.9 Å². The van der Waals surface area contributed by atoms with Gasteiger partial charge in [-0.2, -0.15) is 16.8 Å². The lowest BCUT2D eigenvalue weighted by molar-refractivity contribution is 0.308. The van der Waals surface area contributed by atoms with E-state index in [4.69, 9.17) is 19.6 Å². The van der Waals surface area contributed by atoms with E-state index < -0.39 is 25.1 Å². The van der Waals surface area contributed by atoms with Crippen LogP contribution in [0.4, 0.5) is 5.69 Å². The monoisotopic (exact) mass is 325 g/mol. The van der Waals surface area contributed by atoms with E-state index in [0.29, 0.717) is 6.42 Å². The zero-order valence-electron chi connectivity index (χ0n) is 10.4. The molecule has 0 unspecified atom stereocenters. The van der Waals surface area contributed by atoms with Crippen LogP contribution in [0.5, 0.6) is 5.75 Å². The second kappa shape index (κ2) is 6.39. The molecule has 0 aliphatic heterocycles. The normalized spacial score (nSPS) is 12.3. The summed E-state index contributed by atoms with van der Waals surface area (Å²) in [5.41, 5.74) is 5.31. The Kier molecular flexibility index (Phi) is 5.34. The summed E-state index contributed by atoms with van der Waals surface area (Å²) in [7, 11) is -8.41. The van der Waals surface area contributed by atoms with E-state index in [9.17, 15) is 16.8 Å². The van der Waals surface area contributed by atoms with Gasteiger partial charge >= 0.3 is 0 Å². The Hall–Kier alpha value is -1.36. The Labute approximate surface area is 117 Å². The molecule has 4 N–H and O–H groups in total. The summed E-state index contributed by atoms with van der Waals surface area (Å²) in [6.07, 6.45) is 0.560. The van der Waals surface area contributed by atoms with E-state index >= 15 is 0 Å². The Balaban J connectivity index is 2.58. The second-order valence-electron chi connectivity index (χ2n) is 4.02. The van der Waals surface area contributed by atoms with Crippen molar-refractivity contribution < 1.29 is 30.7 Å². The molecule has 10 heteroatoms. The molecule has 0 spiro atoms. The SMILES string of the molecule is Nc1ccc(OCCCCS(=O)(=O)O)cc1S(=O)(=O)O. The van der Waals surface area contributed by atoms with Crippen molar-refractivity contribution in [2.75, 3.05) is 18.1 Å². The van der Waals surface area contributed by atoms with Crippen LogP contribution in [0, 0.1) is 0 Å². The minimum absolute atomic E-state index is 0.105. The molecule has 1 aromatic carbocycles. The van der Waals surface area contributed by atoms with Crippen LogP contribution < -0.4 is 10.5 Å². The number of hydrogen-bond acceptors (Lipinski definition) is 6. The van der Waals surface area contributed by atoms with Crippen molar-refractivity contribution in [1.29, 1.82) is 0 Å². The minimum Gasteiger partial charge on any atom is -0.494 e. The van der Waals surface area contributed by atoms with Gasteiger partial charge in [-0.15, -0.1) is 0 Å². The van der Waals surface area contributed by atoms with Gasteiger partial charge in [-0.05, 0) is 25.0 Å². The Morgan fingerprint density at radius 3 is 2.30 bits per heavy atom. The summed E-state index contributed by atoms with van der Waals surface area (Å²) >= 11 is 0. The van der Waals surface area contributed by atoms with E-state index in [-0.39, 0.29) is 30.2 Å². The first-order chi connectivity index (χ1) is 9.09. The summed E-state index contributed by atoms with van der Waals surface area (Å²) in [6.45, 7) is 0.129. The van der Waals surface area contributed by atoms with Gasteiger partial charge in [0.05, 0.1) is 18.0 Å². The Morgan fingerprint density at radius 1 is 1.10 bits per heavy atom. The summed E-state index contributed by atoms with van der Waals surface area (Å²) in [4.78, 5) is -0.451. The third kappa shape index (κ3) is 5.74. The molecule has 0 radical (unpaired) electrons. The highest BCUT2D eigenvalue weighted by atomic mass is 32.2. The number of anilines is 1. The van der Waals surface area contributed by atoms with Crippen molar-refractivity contribution in [3.05, 3.63) is 18.2 Å². The smallest absolute Gasteiger partial charge is 0.296 e. The van der Waals surface area contributed by atoms with Crippen molar-refractivity contribution in [3.8, 4) is 5.75 Å². The lowest BCUT2D eigenvalue weighted by Gasteiger charge is -2.08. The van der Waals surface area contributed by atoms with Gasteiger partial charge in [0, 0.05) is 6.07 Å². The predicted molar refractivity (Wildman–Crippen MR) is 71.8 cm³/mol. The number of ether oxygens (including phenoxy) is 1. The van der Waals surface area contributed by atoms with Gasteiger partial charge in [-0.25, -0.2) is 0 Å². The van der Waals surface area contributed by atoms with Crippen LogP contribution in [0.25, 0.3) is 0 Å². The van der Waals surface area contributed by atoms with Crippen molar-refractivity contribution in [1.82, 2.24) is 0 Å². The van der Waals surface area contributed by atoms with Crippen molar-refractivity contribution in [3.63, 3.8) is 0 Å². The standard InChI is InChI=1S/C10H15NO7S2/c11-9-4-3-8(7-10(9)20(15,16)17)18-5-1-2-6-19(12,13)14/h3-4,7H,1-2,5-6,11H2,(H,12,13,14)(H,15,16,17). The molecule has 1 aromatic rings. The molecular formula is C10H15NO7S2. The van der Waals surface area contributed by atoms with Crippen LogP contribution in [0.3, 0.4) is 0 Å². The van der Waals surface area contributed by atoms with Gasteiger partial charge in [-0.3, -0.25) is 9.11 Å². The van der Waals surface area contributed by atoms with E-state index in [0.717, 1.165) is 6.07 Å². The molecule has 0 amide bonds. The zero-order chi connectivity index (χ0) is 15.4. The third-order valence-electron chi connectivity index (χ3n) is 2.33. The topological polar surface area (TPSA) is 144 Å². The molecule has 0 aliphatic rings. The maximum absolute atomic E-state index is 11.0. The first kappa shape index (κ1) is 16.7.